The van der Waals surface area contributed by atoms with Crippen LogP contribution >= 0.6 is 0 Å². The van der Waals surface area contributed by atoms with Crippen molar-refractivity contribution in [2.75, 3.05) is 12.3 Å². The van der Waals surface area contributed by atoms with Crippen molar-refractivity contribution in [2.24, 2.45) is 0 Å². The van der Waals surface area contributed by atoms with Gasteiger partial charge in [0.25, 0.3) is 5.56 Å². The first-order chi connectivity index (χ1) is 9.97. The molecule has 1 unspecified atom stereocenters. The van der Waals surface area contributed by atoms with Gasteiger partial charge < -0.3 is 15.6 Å². The molecule has 1 saturated heterocycles. The molecular formula is C11H10FN5O3. The predicted octanol–water partition coefficient (Wildman–Crippen LogP) is -1.07. The predicted molar refractivity (Wildman–Crippen MR) is 66.2 cm³/mol. The van der Waals surface area contributed by atoms with E-state index < -0.39 is 23.6 Å². The number of hydrogen-bond donors (Lipinski definition) is 3. The number of aliphatic hydroxyl groups is 1. The molecule has 2 aromatic heterocycles. The first-order valence-electron chi connectivity index (χ1n) is 6.12. The van der Waals surface area contributed by atoms with Crippen molar-refractivity contribution in [3.05, 3.63) is 16.7 Å². The lowest BCUT2D eigenvalue weighted by atomic mass is 10.0. The number of halogens is 1. The second kappa shape index (κ2) is 4.03. The van der Waals surface area contributed by atoms with E-state index in [0.29, 0.717) is 0 Å². The molecule has 20 heavy (non-hydrogen) atoms. The first kappa shape index (κ1) is 11.4. The van der Waals surface area contributed by atoms with Gasteiger partial charge in [-0.15, -0.1) is 6.40 Å². The number of ether oxygens (including phenoxy) is 1. The zero-order chi connectivity index (χ0) is 15.2. The number of nitrogens with zero attached hydrogens (tertiary/aromatic N) is 3. The Morgan fingerprint density at radius 3 is 3.40 bits per heavy atom. The average Bonchev–Trinajstić information content (AvgIpc) is 2.93. The second-order valence-electron chi connectivity index (χ2n) is 4.37. The standard InChI is InChI=1S/C11H10FN5O3/c1-2-11(12)5(18)3-20-9(11)17-4-14-6-7(17)15-10(13)16-8(6)19/h1,4-5,9,18H,3H2,(H3,13,15,16,19)/t5-,9?,11-/m1/s1/i1D. The summed E-state index contributed by atoms with van der Waals surface area (Å²) in [4.78, 5) is 21.7. The number of nitrogens with two attached hydrogens (primary N) is 1. The van der Waals surface area contributed by atoms with Gasteiger partial charge in [-0.2, -0.15) is 4.98 Å². The molecule has 3 atom stereocenters. The summed E-state index contributed by atoms with van der Waals surface area (Å²) < 4.78 is 28.0. The maximum atomic E-state index is 14.8. The highest BCUT2D eigenvalue weighted by molar-refractivity contribution is 5.70. The molecule has 0 spiro atoms. The van der Waals surface area contributed by atoms with E-state index >= 15 is 0 Å². The topological polar surface area (TPSA) is 119 Å². The van der Waals surface area contributed by atoms with E-state index in [2.05, 4.69) is 15.0 Å². The second-order valence-corrected chi connectivity index (χ2v) is 4.37. The van der Waals surface area contributed by atoms with Crippen LogP contribution in [0.25, 0.3) is 11.2 Å². The molecule has 2 aromatic rings. The third-order valence-corrected chi connectivity index (χ3v) is 3.15. The number of aliphatic hydroxyl groups excluding tert-OH is 1. The zero-order valence-electron chi connectivity index (χ0n) is 11.0. The van der Waals surface area contributed by atoms with Crippen LogP contribution in [0.3, 0.4) is 0 Å². The number of terminal acetylenes is 1. The minimum atomic E-state index is -2.51. The van der Waals surface area contributed by atoms with Crippen LogP contribution in [-0.2, 0) is 4.74 Å². The van der Waals surface area contributed by atoms with Crippen LogP contribution in [0.2, 0.25) is 0 Å². The molecular weight excluding hydrogens is 269 g/mol. The lowest BCUT2D eigenvalue weighted by molar-refractivity contribution is -0.00952. The molecule has 1 fully saturated rings. The van der Waals surface area contributed by atoms with Gasteiger partial charge in [0.1, 0.15) is 7.47 Å². The number of rotatable bonds is 1. The number of aromatic nitrogens is 4. The Morgan fingerprint density at radius 2 is 2.65 bits per heavy atom. The molecule has 0 aromatic carbocycles. The summed E-state index contributed by atoms with van der Waals surface area (Å²) in [7, 11) is 0. The van der Waals surface area contributed by atoms with Gasteiger partial charge in [-0.25, -0.2) is 9.37 Å². The van der Waals surface area contributed by atoms with Crippen LogP contribution in [0, 0.1) is 12.3 Å². The fourth-order valence-electron chi connectivity index (χ4n) is 2.13. The molecule has 0 bridgehead atoms. The van der Waals surface area contributed by atoms with Crippen LogP contribution in [0.4, 0.5) is 10.3 Å². The summed E-state index contributed by atoms with van der Waals surface area (Å²) in [6, 6.07) is 0. The number of fused-ring (bicyclic) bond motifs is 1. The molecule has 4 N–H and O–H groups in total. The molecule has 0 aliphatic carbocycles. The highest BCUT2D eigenvalue weighted by atomic mass is 19.1. The molecule has 1 aliphatic rings. The first-order valence-corrected chi connectivity index (χ1v) is 5.62. The van der Waals surface area contributed by atoms with Gasteiger partial charge in [0.15, 0.2) is 17.4 Å². The number of nitrogen functional groups attached to an aromatic ring is 1. The minimum Gasteiger partial charge on any atom is -0.386 e. The number of aromatic amines is 1. The summed E-state index contributed by atoms with van der Waals surface area (Å²) in [6.45, 7) is -0.311. The average molecular weight is 280 g/mol. The van der Waals surface area contributed by atoms with E-state index in [0.717, 1.165) is 10.9 Å². The highest BCUT2D eigenvalue weighted by Gasteiger charge is 2.52. The van der Waals surface area contributed by atoms with Crippen molar-refractivity contribution in [1.82, 2.24) is 19.5 Å². The Balaban J connectivity index is 2.20. The summed E-state index contributed by atoms with van der Waals surface area (Å²) in [6.07, 6.45) is -0.0862. The molecule has 3 rings (SSSR count). The summed E-state index contributed by atoms with van der Waals surface area (Å²) in [5.74, 6) is 1.82. The van der Waals surface area contributed by atoms with Crippen molar-refractivity contribution in [2.45, 2.75) is 18.0 Å². The third-order valence-electron chi connectivity index (χ3n) is 3.15. The molecule has 8 nitrogen and oxygen atoms in total. The van der Waals surface area contributed by atoms with Crippen molar-refractivity contribution in [3.8, 4) is 12.3 Å². The Morgan fingerprint density at radius 1 is 1.85 bits per heavy atom. The number of nitrogens with one attached hydrogen (secondary N) is 1. The van der Waals surface area contributed by atoms with Crippen LogP contribution in [0.1, 0.15) is 7.60 Å². The fraction of sp³-hybridized carbons (Fsp3) is 0.364. The van der Waals surface area contributed by atoms with Gasteiger partial charge in [-0.3, -0.25) is 14.3 Å². The summed E-state index contributed by atoms with van der Waals surface area (Å²) in [5.41, 5.74) is 2.33. The Hall–Kier alpha value is -2.44. The number of alkyl halides is 1. The molecule has 0 amide bonds. The third kappa shape index (κ3) is 1.52. The molecule has 3 heterocycles. The quantitative estimate of drug-likeness (QED) is 0.572. The van der Waals surface area contributed by atoms with Crippen molar-refractivity contribution in [3.63, 3.8) is 0 Å². The number of H-pyrrole nitrogens is 1. The maximum Gasteiger partial charge on any atom is 0.280 e. The Labute approximate surface area is 112 Å². The van der Waals surface area contributed by atoms with E-state index in [9.17, 15) is 14.3 Å². The molecule has 0 saturated carbocycles. The van der Waals surface area contributed by atoms with Gasteiger partial charge in [-0.05, 0) is 0 Å². The monoisotopic (exact) mass is 280 g/mol. The summed E-state index contributed by atoms with van der Waals surface area (Å²) >= 11 is 0. The van der Waals surface area contributed by atoms with E-state index in [1.165, 1.54) is 0 Å². The van der Waals surface area contributed by atoms with Crippen LogP contribution in [0.5, 0.6) is 0 Å². The number of hydrogen-bond acceptors (Lipinski definition) is 6. The van der Waals surface area contributed by atoms with E-state index in [-0.39, 0.29) is 23.7 Å². The van der Waals surface area contributed by atoms with Gasteiger partial charge in [0.2, 0.25) is 11.6 Å². The summed E-state index contributed by atoms with van der Waals surface area (Å²) in [5, 5.41) is 9.70. The van der Waals surface area contributed by atoms with Crippen molar-refractivity contribution >= 4 is 17.1 Å². The van der Waals surface area contributed by atoms with Gasteiger partial charge >= 0.3 is 0 Å². The molecule has 0 radical (unpaired) electrons. The lowest BCUT2D eigenvalue weighted by Crippen LogP contribution is -2.39. The molecule has 9 heteroatoms. The van der Waals surface area contributed by atoms with Gasteiger partial charge in [0, 0.05) is 0 Å². The van der Waals surface area contributed by atoms with Crippen molar-refractivity contribution in [1.29, 1.82) is 0 Å². The van der Waals surface area contributed by atoms with Crippen LogP contribution in [0.15, 0.2) is 11.1 Å². The maximum absolute atomic E-state index is 14.8. The Kier molecular flexibility index (Phi) is 2.29. The van der Waals surface area contributed by atoms with E-state index in [4.69, 9.17) is 11.8 Å². The number of imidazole rings is 1. The minimum absolute atomic E-state index is 0.00385. The number of anilines is 1. The van der Waals surface area contributed by atoms with Crippen LogP contribution < -0.4 is 11.3 Å². The van der Waals surface area contributed by atoms with Gasteiger partial charge in [0.05, 0.1) is 12.9 Å². The highest BCUT2D eigenvalue weighted by Crippen LogP contribution is 2.38. The SMILES string of the molecule is [2H]C#C[C@]1(F)C(n2cnc3c(=O)[nH]c(N)nc32)OC[C@H]1O. The largest absolute Gasteiger partial charge is 0.386 e. The van der Waals surface area contributed by atoms with Crippen molar-refractivity contribution < 1.29 is 15.6 Å². The fourth-order valence-corrected chi connectivity index (χ4v) is 2.13. The Bertz CT molecular complexity index is 825. The van der Waals surface area contributed by atoms with Crippen LogP contribution in [-0.4, -0.2) is 43.0 Å². The molecule has 104 valence electrons. The molecule has 1 aliphatic heterocycles. The van der Waals surface area contributed by atoms with Gasteiger partial charge in [-0.1, -0.05) is 5.92 Å². The smallest absolute Gasteiger partial charge is 0.280 e. The van der Waals surface area contributed by atoms with E-state index in [1.54, 1.807) is 6.40 Å². The lowest BCUT2D eigenvalue weighted by Gasteiger charge is -2.23. The van der Waals surface area contributed by atoms with E-state index in [1.807, 2.05) is 5.92 Å². The normalized spacial score (nSPS) is 30.0. The zero-order valence-corrected chi connectivity index (χ0v) is 10.00.